The van der Waals surface area contributed by atoms with Gasteiger partial charge in [-0.05, 0) is 49.1 Å². The minimum atomic E-state index is -3.56. The van der Waals surface area contributed by atoms with E-state index in [2.05, 4.69) is 12.2 Å². The summed E-state index contributed by atoms with van der Waals surface area (Å²) in [5.74, 6) is 0.256. The van der Waals surface area contributed by atoms with E-state index in [1.54, 1.807) is 29.2 Å². The van der Waals surface area contributed by atoms with Gasteiger partial charge in [0.05, 0.1) is 6.26 Å². The molecule has 1 N–H and O–H groups in total. The van der Waals surface area contributed by atoms with Crippen molar-refractivity contribution in [3.05, 3.63) is 59.2 Å². The van der Waals surface area contributed by atoms with E-state index < -0.39 is 10.1 Å². The molecule has 0 spiro atoms. The van der Waals surface area contributed by atoms with Crippen LogP contribution in [0.15, 0.2) is 42.5 Å². The molecule has 0 aliphatic carbocycles. The lowest BCUT2D eigenvalue weighted by Gasteiger charge is -2.24. The van der Waals surface area contributed by atoms with Gasteiger partial charge >= 0.3 is 16.1 Å². The van der Waals surface area contributed by atoms with Crippen LogP contribution < -0.4 is 9.50 Å². The molecular weight excluding hydrogens is 376 g/mol. The maximum atomic E-state index is 12.9. The van der Waals surface area contributed by atoms with Gasteiger partial charge in [0, 0.05) is 18.8 Å². The minimum absolute atomic E-state index is 0.151. The van der Waals surface area contributed by atoms with Gasteiger partial charge in [0.25, 0.3) is 0 Å². The third-order valence-corrected chi connectivity index (χ3v) is 4.82. The van der Waals surface area contributed by atoms with E-state index in [-0.39, 0.29) is 11.8 Å². The van der Waals surface area contributed by atoms with Crippen LogP contribution in [-0.2, 0) is 16.7 Å². The molecule has 0 bridgehead atoms. The fraction of sp³-hybridized carbons (Fsp3) is 0.381. The number of hydrogen-bond acceptors (Lipinski definition) is 4. The largest absolute Gasteiger partial charge is 0.383 e. The number of hydrogen-bond donors (Lipinski definition) is 1. The first-order valence-corrected chi connectivity index (χ1v) is 11.1. The van der Waals surface area contributed by atoms with Crippen LogP contribution in [0.4, 0.5) is 10.5 Å². The highest BCUT2D eigenvalue weighted by atomic mass is 32.2. The predicted octanol–water partition coefficient (Wildman–Crippen LogP) is 4.48. The second-order valence-corrected chi connectivity index (χ2v) is 8.48. The van der Waals surface area contributed by atoms with E-state index in [0.29, 0.717) is 13.1 Å². The van der Waals surface area contributed by atoms with E-state index in [4.69, 9.17) is 4.18 Å². The second-order valence-electron chi connectivity index (χ2n) is 6.90. The molecule has 0 heterocycles. The number of rotatable bonds is 8. The monoisotopic (exact) mass is 404 g/mol. The summed E-state index contributed by atoms with van der Waals surface area (Å²) in [6, 6.07) is 12.5. The zero-order valence-corrected chi connectivity index (χ0v) is 17.7. The van der Waals surface area contributed by atoms with Crippen molar-refractivity contribution in [3.8, 4) is 5.75 Å². The van der Waals surface area contributed by atoms with E-state index in [1.165, 1.54) is 0 Å². The molecular formula is C21H28N2O4S. The molecule has 2 amide bonds. The Labute approximate surface area is 167 Å². The number of nitrogens with zero attached hydrogens (tertiary/aromatic N) is 1. The number of aryl methyl sites for hydroxylation is 2. The van der Waals surface area contributed by atoms with Gasteiger partial charge in [-0.1, -0.05) is 43.7 Å². The van der Waals surface area contributed by atoms with Crippen molar-refractivity contribution in [2.75, 3.05) is 18.1 Å². The summed E-state index contributed by atoms with van der Waals surface area (Å²) in [5.41, 5.74) is 3.77. The van der Waals surface area contributed by atoms with Crippen molar-refractivity contribution >= 4 is 21.8 Å². The number of anilines is 1. The van der Waals surface area contributed by atoms with E-state index >= 15 is 0 Å². The van der Waals surface area contributed by atoms with Crippen LogP contribution in [0.25, 0.3) is 0 Å². The van der Waals surface area contributed by atoms with E-state index in [1.807, 2.05) is 32.0 Å². The number of amides is 2. The number of benzene rings is 2. The highest BCUT2D eigenvalue weighted by molar-refractivity contribution is 7.86. The normalized spacial score (nSPS) is 11.1. The Morgan fingerprint density at radius 1 is 1.07 bits per heavy atom. The van der Waals surface area contributed by atoms with Gasteiger partial charge in [0.15, 0.2) is 0 Å². The molecule has 0 saturated heterocycles. The molecule has 6 nitrogen and oxygen atoms in total. The van der Waals surface area contributed by atoms with Gasteiger partial charge in [0.2, 0.25) is 0 Å². The molecule has 0 aromatic heterocycles. The summed E-state index contributed by atoms with van der Waals surface area (Å²) in [4.78, 5) is 14.7. The number of nitrogens with one attached hydrogen (secondary N) is 1. The van der Waals surface area contributed by atoms with Crippen molar-refractivity contribution in [1.82, 2.24) is 4.90 Å². The molecule has 2 aromatic carbocycles. The zero-order chi connectivity index (χ0) is 20.7. The topological polar surface area (TPSA) is 75.7 Å². The fourth-order valence-corrected chi connectivity index (χ4v) is 3.31. The second kappa shape index (κ2) is 9.59. The van der Waals surface area contributed by atoms with E-state index in [9.17, 15) is 13.2 Å². The van der Waals surface area contributed by atoms with Gasteiger partial charge in [-0.25, -0.2) is 4.79 Å². The number of para-hydroxylation sites is 1. The SMILES string of the molecule is CCCCN(Cc1ccc(OS(C)(=O)=O)cc1)C(=O)Nc1c(C)cccc1C. The van der Waals surface area contributed by atoms with Crippen LogP contribution in [0.1, 0.15) is 36.5 Å². The molecule has 0 saturated carbocycles. The fourth-order valence-electron chi connectivity index (χ4n) is 2.84. The average molecular weight is 405 g/mol. The Kier molecular flexibility index (Phi) is 7.45. The number of unbranched alkanes of at least 4 members (excludes halogenated alkanes) is 1. The summed E-state index contributed by atoms with van der Waals surface area (Å²) in [7, 11) is -3.56. The number of carbonyl (C=O) groups is 1. The first-order valence-electron chi connectivity index (χ1n) is 9.30. The number of urea groups is 1. The third-order valence-electron chi connectivity index (χ3n) is 4.33. The standard InChI is InChI=1S/C21H28N2O4S/c1-5-6-14-23(21(24)22-20-16(2)8-7-9-17(20)3)15-18-10-12-19(13-11-18)27-28(4,25)26/h7-13H,5-6,14-15H2,1-4H3,(H,22,24). The van der Waals surface area contributed by atoms with Gasteiger partial charge in [0.1, 0.15) is 5.75 Å². The van der Waals surface area contributed by atoms with Crippen LogP contribution in [0.2, 0.25) is 0 Å². The van der Waals surface area contributed by atoms with Gasteiger partial charge in [-0.3, -0.25) is 0 Å². The highest BCUT2D eigenvalue weighted by Gasteiger charge is 2.16. The average Bonchev–Trinajstić information content (AvgIpc) is 2.62. The summed E-state index contributed by atoms with van der Waals surface area (Å²) >= 11 is 0. The summed E-state index contributed by atoms with van der Waals surface area (Å²) in [5, 5.41) is 3.03. The minimum Gasteiger partial charge on any atom is -0.383 e. The lowest BCUT2D eigenvalue weighted by Crippen LogP contribution is -2.35. The molecule has 2 rings (SSSR count). The first kappa shape index (κ1) is 21.8. The van der Waals surface area contributed by atoms with Crippen LogP contribution in [0.5, 0.6) is 5.75 Å². The van der Waals surface area contributed by atoms with E-state index in [0.717, 1.165) is 41.5 Å². The molecule has 152 valence electrons. The van der Waals surface area contributed by atoms with Crippen LogP contribution >= 0.6 is 0 Å². The molecule has 0 atom stereocenters. The lowest BCUT2D eigenvalue weighted by atomic mass is 10.1. The smallest absolute Gasteiger partial charge is 0.322 e. The maximum absolute atomic E-state index is 12.9. The van der Waals surface area contributed by atoms with Crippen molar-refractivity contribution in [2.45, 2.75) is 40.2 Å². The van der Waals surface area contributed by atoms with Crippen molar-refractivity contribution in [1.29, 1.82) is 0 Å². The van der Waals surface area contributed by atoms with Gasteiger partial charge in [-0.15, -0.1) is 0 Å². The first-order chi connectivity index (χ1) is 13.2. The molecule has 0 radical (unpaired) electrons. The Morgan fingerprint density at radius 2 is 1.68 bits per heavy atom. The summed E-state index contributed by atoms with van der Waals surface area (Å²) in [6.45, 7) is 7.09. The van der Waals surface area contributed by atoms with Crippen LogP contribution in [0.3, 0.4) is 0 Å². The maximum Gasteiger partial charge on any atom is 0.322 e. The third kappa shape index (κ3) is 6.56. The Bertz CT molecular complexity index is 888. The quantitative estimate of drug-likeness (QED) is 0.659. The Balaban J connectivity index is 2.13. The lowest BCUT2D eigenvalue weighted by molar-refractivity contribution is 0.208. The van der Waals surface area contributed by atoms with Crippen LogP contribution in [0, 0.1) is 13.8 Å². The Hall–Kier alpha value is -2.54. The summed E-state index contributed by atoms with van der Waals surface area (Å²) < 4.78 is 27.3. The molecule has 0 aliphatic rings. The molecule has 28 heavy (non-hydrogen) atoms. The molecule has 0 aliphatic heterocycles. The summed E-state index contributed by atoms with van der Waals surface area (Å²) in [6.07, 6.45) is 2.88. The van der Waals surface area contributed by atoms with Gasteiger partial charge in [-0.2, -0.15) is 8.42 Å². The van der Waals surface area contributed by atoms with Crippen molar-refractivity contribution < 1.29 is 17.4 Å². The predicted molar refractivity (Wildman–Crippen MR) is 112 cm³/mol. The molecule has 2 aromatic rings. The van der Waals surface area contributed by atoms with Crippen molar-refractivity contribution in [3.63, 3.8) is 0 Å². The van der Waals surface area contributed by atoms with Crippen LogP contribution in [-0.4, -0.2) is 32.1 Å². The van der Waals surface area contributed by atoms with Crippen molar-refractivity contribution in [2.24, 2.45) is 0 Å². The highest BCUT2D eigenvalue weighted by Crippen LogP contribution is 2.21. The van der Waals surface area contributed by atoms with Gasteiger partial charge < -0.3 is 14.4 Å². The molecule has 0 fully saturated rings. The number of carbonyl (C=O) groups excluding carboxylic acids is 1. The molecule has 7 heteroatoms. The zero-order valence-electron chi connectivity index (χ0n) is 16.9. The Morgan fingerprint density at radius 3 is 2.21 bits per heavy atom. The molecule has 0 unspecified atom stereocenters.